The van der Waals surface area contributed by atoms with Gasteiger partial charge in [0.2, 0.25) is 0 Å². The first-order chi connectivity index (χ1) is 15.2. The van der Waals surface area contributed by atoms with Crippen molar-refractivity contribution in [3.63, 3.8) is 0 Å². The van der Waals surface area contributed by atoms with Gasteiger partial charge in [0.25, 0.3) is 5.91 Å². The van der Waals surface area contributed by atoms with Gasteiger partial charge in [0.15, 0.2) is 0 Å². The molecule has 1 fully saturated rings. The van der Waals surface area contributed by atoms with E-state index in [0.717, 1.165) is 49.5 Å². The Morgan fingerprint density at radius 2 is 1.68 bits per heavy atom. The largest absolute Gasteiger partial charge is 0.331 e. The Labute approximate surface area is 188 Å². The molecule has 0 aliphatic carbocycles. The van der Waals surface area contributed by atoms with Crippen LogP contribution in [0.2, 0.25) is 5.02 Å². The summed E-state index contributed by atoms with van der Waals surface area (Å²) < 4.78 is 0. The molecule has 160 valence electrons. The Hall–Kier alpha value is -2.76. The second-order valence-electron chi connectivity index (χ2n) is 7.99. The van der Waals surface area contributed by atoms with E-state index in [-0.39, 0.29) is 11.9 Å². The fourth-order valence-corrected chi connectivity index (χ4v) is 4.23. The van der Waals surface area contributed by atoms with Gasteiger partial charge in [-0.05, 0) is 60.7 Å². The summed E-state index contributed by atoms with van der Waals surface area (Å²) in [5.41, 5.74) is 2.98. The molecule has 0 radical (unpaired) electrons. The molecule has 0 N–H and O–H groups in total. The van der Waals surface area contributed by atoms with E-state index in [1.54, 1.807) is 18.6 Å². The van der Waals surface area contributed by atoms with E-state index in [9.17, 15) is 4.79 Å². The van der Waals surface area contributed by atoms with Crippen molar-refractivity contribution in [1.82, 2.24) is 19.8 Å². The van der Waals surface area contributed by atoms with Crippen LogP contribution in [-0.4, -0.2) is 51.4 Å². The summed E-state index contributed by atoms with van der Waals surface area (Å²) in [7, 11) is 0. The van der Waals surface area contributed by atoms with Gasteiger partial charge in [-0.15, -0.1) is 0 Å². The number of rotatable bonds is 7. The van der Waals surface area contributed by atoms with Crippen molar-refractivity contribution >= 4 is 17.5 Å². The monoisotopic (exact) mass is 434 g/mol. The number of amides is 1. The number of aromatic nitrogens is 2. The third kappa shape index (κ3) is 5.90. The predicted molar refractivity (Wildman–Crippen MR) is 123 cm³/mol. The molecule has 0 spiro atoms. The zero-order valence-corrected chi connectivity index (χ0v) is 18.3. The number of piperidine rings is 1. The molecular weight excluding hydrogens is 408 g/mol. The number of likely N-dealkylation sites (tertiary alicyclic amines) is 1. The van der Waals surface area contributed by atoms with Crippen molar-refractivity contribution in [2.45, 2.75) is 31.8 Å². The maximum absolute atomic E-state index is 13.3. The van der Waals surface area contributed by atoms with E-state index in [1.165, 1.54) is 5.56 Å². The van der Waals surface area contributed by atoms with Gasteiger partial charge in [-0.1, -0.05) is 29.8 Å². The highest BCUT2D eigenvalue weighted by atomic mass is 35.5. The summed E-state index contributed by atoms with van der Waals surface area (Å²) in [6.45, 7) is 3.56. The van der Waals surface area contributed by atoms with E-state index < -0.39 is 0 Å². The summed E-state index contributed by atoms with van der Waals surface area (Å²) in [5, 5.41) is 0.775. The molecule has 1 aliphatic heterocycles. The maximum atomic E-state index is 13.3. The second kappa shape index (κ2) is 10.5. The Bertz CT molecular complexity index is 958. The number of hydrogen-bond donors (Lipinski definition) is 0. The van der Waals surface area contributed by atoms with Gasteiger partial charge < -0.3 is 9.80 Å². The van der Waals surface area contributed by atoms with Crippen LogP contribution in [0.5, 0.6) is 0 Å². The Morgan fingerprint density at radius 1 is 0.968 bits per heavy atom. The lowest BCUT2D eigenvalue weighted by Crippen LogP contribution is -2.47. The zero-order valence-electron chi connectivity index (χ0n) is 17.5. The van der Waals surface area contributed by atoms with E-state index in [2.05, 4.69) is 27.0 Å². The van der Waals surface area contributed by atoms with Crippen molar-refractivity contribution in [3.05, 3.63) is 95.0 Å². The molecule has 1 amide bonds. The van der Waals surface area contributed by atoms with Crippen LogP contribution >= 0.6 is 11.6 Å². The number of carbonyl (C=O) groups excluding carboxylic acids is 1. The Morgan fingerprint density at radius 3 is 2.32 bits per heavy atom. The van der Waals surface area contributed by atoms with E-state index >= 15 is 0 Å². The lowest BCUT2D eigenvalue weighted by Gasteiger charge is -2.38. The molecule has 0 unspecified atom stereocenters. The van der Waals surface area contributed by atoms with Gasteiger partial charge in [0.05, 0.1) is 5.56 Å². The average molecular weight is 435 g/mol. The van der Waals surface area contributed by atoms with Gasteiger partial charge in [0, 0.05) is 62.0 Å². The third-order valence-electron chi connectivity index (χ3n) is 5.87. The van der Waals surface area contributed by atoms with E-state index in [4.69, 9.17) is 11.6 Å². The number of pyridine rings is 2. The average Bonchev–Trinajstić information content (AvgIpc) is 2.83. The molecule has 1 aromatic carbocycles. The number of halogens is 1. The van der Waals surface area contributed by atoms with Gasteiger partial charge in [0.1, 0.15) is 0 Å². The lowest BCUT2D eigenvalue weighted by atomic mass is 10.0. The first-order valence-corrected chi connectivity index (χ1v) is 11.1. The fourth-order valence-electron chi connectivity index (χ4n) is 4.10. The Balaban J connectivity index is 1.39. The second-order valence-corrected chi connectivity index (χ2v) is 8.42. The molecule has 3 heterocycles. The van der Waals surface area contributed by atoms with Gasteiger partial charge in [-0.25, -0.2) is 0 Å². The molecule has 3 aromatic rings. The number of benzene rings is 1. The first-order valence-electron chi connectivity index (χ1n) is 10.8. The van der Waals surface area contributed by atoms with Crippen LogP contribution < -0.4 is 0 Å². The topological polar surface area (TPSA) is 49.3 Å². The summed E-state index contributed by atoms with van der Waals surface area (Å²) in [4.78, 5) is 26.2. The molecule has 4 rings (SSSR count). The predicted octanol–water partition coefficient (Wildman–Crippen LogP) is 4.48. The number of hydrogen-bond acceptors (Lipinski definition) is 4. The molecule has 0 bridgehead atoms. The molecule has 1 aliphatic rings. The van der Waals surface area contributed by atoms with Gasteiger partial charge >= 0.3 is 0 Å². The molecule has 31 heavy (non-hydrogen) atoms. The summed E-state index contributed by atoms with van der Waals surface area (Å²) in [6.07, 6.45) is 9.89. The summed E-state index contributed by atoms with van der Waals surface area (Å²) in [5.74, 6) is 0.0385. The van der Waals surface area contributed by atoms with Crippen molar-refractivity contribution < 1.29 is 4.79 Å². The zero-order chi connectivity index (χ0) is 21.5. The van der Waals surface area contributed by atoms with Crippen molar-refractivity contribution in [1.29, 1.82) is 0 Å². The van der Waals surface area contributed by atoms with Crippen molar-refractivity contribution in [3.8, 4) is 0 Å². The molecule has 5 nitrogen and oxygen atoms in total. The fraction of sp³-hybridized carbons (Fsp3) is 0.320. The van der Waals surface area contributed by atoms with Crippen LogP contribution in [0.25, 0.3) is 0 Å². The van der Waals surface area contributed by atoms with Crippen molar-refractivity contribution in [2.24, 2.45) is 0 Å². The lowest BCUT2D eigenvalue weighted by molar-refractivity contribution is 0.0550. The van der Waals surface area contributed by atoms with Crippen molar-refractivity contribution in [2.75, 3.05) is 19.6 Å². The molecule has 6 heteroatoms. The highest BCUT2D eigenvalue weighted by Gasteiger charge is 2.28. The third-order valence-corrected chi connectivity index (χ3v) is 6.12. The molecule has 2 aromatic heterocycles. The van der Waals surface area contributed by atoms with Crippen LogP contribution in [0.3, 0.4) is 0 Å². The first kappa shape index (κ1) is 21.5. The van der Waals surface area contributed by atoms with E-state index in [1.807, 2.05) is 47.5 Å². The normalized spacial score (nSPS) is 15.0. The molecule has 0 saturated carbocycles. The van der Waals surface area contributed by atoms with Crippen LogP contribution in [0, 0.1) is 0 Å². The molecule has 1 saturated heterocycles. The minimum absolute atomic E-state index is 0.0385. The van der Waals surface area contributed by atoms with E-state index in [0.29, 0.717) is 12.1 Å². The van der Waals surface area contributed by atoms with Gasteiger partial charge in [-0.3, -0.25) is 14.8 Å². The summed E-state index contributed by atoms with van der Waals surface area (Å²) in [6, 6.07) is 15.9. The SMILES string of the molecule is O=C(c1cccnc1)N(Cc1cccnc1)C1CCN(CCc2ccc(Cl)cc2)CC1. The minimum atomic E-state index is 0.0385. The number of carbonyl (C=O) groups is 1. The van der Waals surface area contributed by atoms with Crippen LogP contribution in [0.15, 0.2) is 73.3 Å². The highest BCUT2D eigenvalue weighted by molar-refractivity contribution is 6.30. The molecular formula is C25H27ClN4O. The minimum Gasteiger partial charge on any atom is -0.331 e. The smallest absolute Gasteiger partial charge is 0.255 e. The Kier molecular flexibility index (Phi) is 7.28. The summed E-state index contributed by atoms with van der Waals surface area (Å²) >= 11 is 5.98. The van der Waals surface area contributed by atoms with Crippen LogP contribution in [0.1, 0.15) is 34.3 Å². The quantitative estimate of drug-likeness (QED) is 0.550. The number of nitrogens with zero attached hydrogens (tertiary/aromatic N) is 4. The molecule has 0 atom stereocenters. The van der Waals surface area contributed by atoms with Crippen LogP contribution in [-0.2, 0) is 13.0 Å². The highest BCUT2D eigenvalue weighted by Crippen LogP contribution is 2.22. The maximum Gasteiger partial charge on any atom is 0.255 e. The van der Waals surface area contributed by atoms with Gasteiger partial charge in [-0.2, -0.15) is 0 Å². The standard InChI is InChI=1S/C25H27ClN4O/c26-23-7-5-20(6-8-23)9-14-29-15-10-24(11-16-29)30(19-21-3-1-12-27-17-21)25(31)22-4-2-13-28-18-22/h1-8,12-13,17-18,24H,9-11,14-16,19H2. The van der Waals surface area contributed by atoms with Crippen LogP contribution in [0.4, 0.5) is 0 Å².